The number of ketones is 1. The Morgan fingerprint density at radius 2 is 2.18 bits per heavy atom. The number of rotatable bonds is 4. The van der Waals surface area contributed by atoms with Crippen LogP contribution >= 0.6 is 11.3 Å². The van der Waals surface area contributed by atoms with Gasteiger partial charge in [-0.3, -0.25) is 9.59 Å². The van der Waals surface area contributed by atoms with Crippen LogP contribution in [0.3, 0.4) is 0 Å². The van der Waals surface area contributed by atoms with E-state index in [0.717, 1.165) is 29.6 Å². The number of Topliss-reactive ketones (excluding diaryl/α,β-unsaturated/α-hetero) is 1. The van der Waals surface area contributed by atoms with Crippen LogP contribution in [-0.4, -0.2) is 35.3 Å². The number of thiazole rings is 1. The highest BCUT2D eigenvalue weighted by Gasteiger charge is 2.28. The molecule has 1 aliphatic rings. The fraction of sp³-hybridized carbons (Fsp3) is 0.500. The van der Waals surface area contributed by atoms with E-state index in [1.165, 1.54) is 0 Å². The zero-order valence-electron chi connectivity index (χ0n) is 9.64. The highest BCUT2D eigenvalue weighted by molar-refractivity contribution is 7.11. The Hall–Kier alpha value is -1.21. The number of hydrogen-bond acceptors (Lipinski definition) is 5. The Bertz CT molecular complexity index is 508. The summed E-state index contributed by atoms with van der Waals surface area (Å²) in [6.07, 6.45) is 1.64. The second-order valence-electron chi connectivity index (χ2n) is 4.05. The normalized spacial score (nSPS) is 15.7. The van der Waals surface area contributed by atoms with Gasteiger partial charge in [-0.05, 0) is 6.42 Å². The average molecular weight is 252 g/mol. The van der Waals surface area contributed by atoms with E-state index in [-0.39, 0.29) is 24.6 Å². The highest BCUT2D eigenvalue weighted by atomic mass is 32.1. The molecule has 0 spiro atoms. The summed E-state index contributed by atoms with van der Waals surface area (Å²) in [4.78, 5) is 36.3. The van der Waals surface area contributed by atoms with E-state index in [4.69, 9.17) is 0 Å². The van der Waals surface area contributed by atoms with E-state index in [9.17, 15) is 14.4 Å². The number of carbonyl (C=O) groups is 2. The van der Waals surface area contributed by atoms with Gasteiger partial charge in [-0.15, -0.1) is 0 Å². The summed E-state index contributed by atoms with van der Waals surface area (Å²) in [6, 6.07) is 0. The van der Waals surface area contributed by atoms with Crippen LogP contribution in [0.4, 0.5) is 0 Å². The average Bonchev–Trinajstić information content (AvgIpc) is 2.59. The molecule has 0 N–H and O–H groups in total. The molecule has 7 heteroatoms. The molecule has 17 heavy (non-hydrogen) atoms. The highest BCUT2D eigenvalue weighted by Crippen LogP contribution is 2.21. The zero-order chi connectivity index (χ0) is 12.4. The van der Waals surface area contributed by atoms with Gasteiger partial charge in [-0.2, -0.15) is 0 Å². The Morgan fingerprint density at radius 3 is 2.82 bits per heavy atom. The molecule has 2 rings (SSSR count). The van der Waals surface area contributed by atoms with Crippen molar-refractivity contribution in [2.24, 2.45) is 0 Å². The minimum Gasteiger partial charge on any atom is -0.327 e. The third-order valence-corrected chi connectivity index (χ3v) is 3.83. The number of aromatic nitrogens is 1. The number of fused-ring (bicyclic) bond motifs is 1. The van der Waals surface area contributed by atoms with Crippen molar-refractivity contribution in [1.29, 1.82) is 0 Å². The van der Waals surface area contributed by atoms with Crippen molar-refractivity contribution in [1.82, 2.24) is 9.38 Å². The molecule has 0 atom stereocenters. The van der Waals surface area contributed by atoms with Crippen molar-refractivity contribution in [3.05, 3.63) is 20.2 Å². The molecule has 0 aliphatic carbocycles. The van der Waals surface area contributed by atoms with E-state index < -0.39 is 0 Å². The lowest BCUT2D eigenvalue weighted by Gasteiger charge is -2.24. The van der Waals surface area contributed by atoms with Crippen molar-refractivity contribution < 1.29 is 9.59 Å². The van der Waals surface area contributed by atoms with Gasteiger partial charge in [0, 0.05) is 13.1 Å². The van der Waals surface area contributed by atoms with Gasteiger partial charge in [-0.25, -0.2) is 0 Å². The fourth-order valence-corrected chi connectivity index (χ4v) is 2.99. The maximum absolute atomic E-state index is 11.8. The van der Waals surface area contributed by atoms with Crippen LogP contribution in [0.5, 0.6) is 0 Å². The largest absolute Gasteiger partial charge is 0.327 e. The summed E-state index contributed by atoms with van der Waals surface area (Å²) in [5.41, 5.74) is 0.778. The Balaban J connectivity index is 2.39. The molecule has 1 aromatic heterocycles. The lowest BCUT2D eigenvalue weighted by atomic mass is 9.91. The first-order chi connectivity index (χ1) is 8.17. The summed E-state index contributed by atoms with van der Waals surface area (Å²) in [7, 11) is 0.237. The molecule has 1 aliphatic heterocycles. The number of carbonyl (C=O) groups excluding carboxylic acids is 2. The maximum atomic E-state index is 11.8. The molecule has 0 amide bonds. The van der Waals surface area contributed by atoms with Crippen molar-refractivity contribution in [3.63, 3.8) is 0 Å². The molecule has 0 fully saturated rings. The summed E-state index contributed by atoms with van der Waals surface area (Å²) < 4.78 is 1.66. The van der Waals surface area contributed by atoms with Crippen molar-refractivity contribution in [2.75, 3.05) is 6.54 Å². The molecular formula is C10H13BN2O3S. The topological polar surface area (TPSA) is 59.4 Å². The Labute approximate surface area is 103 Å². The first-order valence-electron chi connectivity index (χ1n) is 5.59. The van der Waals surface area contributed by atoms with Gasteiger partial charge in [0.1, 0.15) is 0 Å². The molecule has 0 saturated heterocycles. The fourth-order valence-electron chi connectivity index (χ4n) is 2.04. The van der Waals surface area contributed by atoms with Gasteiger partial charge in [-0.1, -0.05) is 18.3 Å². The predicted molar refractivity (Wildman–Crippen MR) is 67.5 cm³/mol. The van der Waals surface area contributed by atoms with Crippen LogP contribution in [0.1, 0.15) is 28.7 Å². The SMILES string of the molecule is CCCn1c2c(sc1=O)C(=O)CN(BC=O)C2. The van der Waals surface area contributed by atoms with E-state index in [1.54, 1.807) is 9.38 Å². The van der Waals surface area contributed by atoms with Gasteiger partial charge in [0.2, 0.25) is 0 Å². The predicted octanol–water partition coefficient (Wildman–Crippen LogP) is -0.140. The van der Waals surface area contributed by atoms with Crippen LogP contribution in [-0.2, 0) is 17.9 Å². The summed E-state index contributed by atoms with van der Waals surface area (Å²) in [6.45, 7) is 3.37. The van der Waals surface area contributed by atoms with Crippen molar-refractivity contribution in [3.8, 4) is 0 Å². The van der Waals surface area contributed by atoms with Crippen LogP contribution in [0.2, 0.25) is 0 Å². The minimum atomic E-state index is -0.0712. The second-order valence-corrected chi connectivity index (χ2v) is 5.02. The van der Waals surface area contributed by atoms with Crippen LogP contribution in [0.25, 0.3) is 0 Å². The van der Waals surface area contributed by atoms with E-state index in [0.29, 0.717) is 18.0 Å². The quantitative estimate of drug-likeness (QED) is 0.552. The first kappa shape index (κ1) is 12.3. The third-order valence-electron chi connectivity index (χ3n) is 2.77. The molecule has 2 heterocycles. The lowest BCUT2D eigenvalue weighted by molar-refractivity contribution is 0.0953. The number of nitrogens with zero attached hydrogens (tertiary/aromatic N) is 2. The zero-order valence-corrected chi connectivity index (χ0v) is 10.5. The second kappa shape index (κ2) is 4.97. The molecular weight excluding hydrogens is 239 g/mol. The van der Waals surface area contributed by atoms with Gasteiger partial charge in [0.15, 0.2) is 5.78 Å². The molecule has 90 valence electrons. The monoisotopic (exact) mass is 252 g/mol. The van der Waals surface area contributed by atoms with Gasteiger partial charge in [0.25, 0.3) is 7.41 Å². The summed E-state index contributed by atoms with van der Waals surface area (Å²) in [5, 5.41) is 0. The summed E-state index contributed by atoms with van der Waals surface area (Å²) in [5.74, 6) is -0.0509. The van der Waals surface area contributed by atoms with Crippen LogP contribution in [0, 0.1) is 0 Å². The van der Waals surface area contributed by atoms with E-state index in [2.05, 4.69) is 0 Å². The number of hydrogen-bond donors (Lipinski definition) is 0. The van der Waals surface area contributed by atoms with Crippen LogP contribution < -0.4 is 4.87 Å². The first-order valence-corrected chi connectivity index (χ1v) is 6.40. The summed E-state index contributed by atoms with van der Waals surface area (Å²) >= 11 is 1.03. The van der Waals surface area contributed by atoms with E-state index in [1.807, 2.05) is 6.92 Å². The molecule has 1 aromatic rings. The molecule has 5 nitrogen and oxygen atoms in total. The van der Waals surface area contributed by atoms with Crippen molar-refractivity contribution >= 4 is 30.7 Å². The van der Waals surface area contributed by atoms with Crippen molar-refractivity contribution in [2.45, 2.75) is 26.4 Å². The smallest absolute Gasteiger partial charge is 0.308 e. The van der Waals surface area contributed by atoms with Gasteiger partial charge in [0.05, 0.1) is 23.3 Å². The van der Waals surface area contributed by atoms with Crippen LogP contribution in [0.15, 0.2) is 4.79 Å². The molecule has 0 aromatic carbocycles. The molecule has 0 saturated carbocycles. The Kier molecular flexibility index (Phi) is 3.59. The molecule has 0 radical (unpaired) electrons. The lowest BCUT2D eigenvalue weighted by Crippen LogP contribution is -2.39. The minimum absolute atomic E-state index is 0.0509. The standard InChI is InChI=1S/C10H13BN2O3S/c1-2-3-13-7-4-12(11-6-14)5-8(15)9(7)17-10(13)16/h6,11H,2-5H2,1H3. The molecule has 0 bridgehead atoms. The maximum Gasteiger partial charge on any atom is 0.308 e. The van der Waals surface area contributed by atoms with Gasteiger partial charge < -0.3 is 14.2 Å². The van der Waals surface area contributed by atoms with E-state index >= 15 is 0 Å². The Morgan fingerprint density at radius 1 is 1.41 bits per heavy atom. The van der Waals surface area contributed by atoms with Gasteiger partial charge >= 0.3 is 4.87 Å². The molecule has 0 unspecified atom stereocenters. The third kappa shape index (κ3) is 2.25.